The fourth-order valence-corrected chi connectivity index (χ4v) is 6.57. The topological polar surface area (TPSA) is 24.7 Å². The zero-order chi connectivity index (χ0) is 26.2. The van der Waals surface area contributed by atoms with Crippen LogP contribution >= 0.6 is 0 Å². The van der Waals surface area contributed by atoms with Gasteiger partial charge in [0.25, 0.3) is 0 Å². The molecule has 0 fully saturated rings. The summed E-state index contributed by atoms with van der Waals surface area (Å²) in [6, 6.07) is 38.3. The van der Waals surface area contributed by atoms with Crippen LogP contribution < -0.4 is 0 Å². The van der Waals surface area contributed by atoms with Crippen LogP contribution in [-0.4, -0.2) is 12.6 Å². The number of rotatable bonds is 4. The van der Waals surface area contributed by atoms with E-state index in [1.807, 2.05) is 30.3 Å². The molecule has 0 N–H and O–H groups in total. The van der Waals surface area contributed by atoms with Crippen molar-refractivity contribution >= 4 is 29.9 Å². The predicted molar refractivity (Wildman–Crippen MR) is 164 cm³/mol. The molecule has 0 aliphatic heterocycles. The molecule has 39 heavy (non-hydrogen) atoms. The molecular weight excluding hydrogens is 472 g/mol. The van der Waals surface area contributed by atoms with Crippen molar-refractivity contribution < 1.29 is 0 Å². The van der Waals surface area contributed by atoms with Crippen LogP contribution in [0.2, 0.25) is 0 Å². The van der Waals surface area contributed by atoms with Gasteiger partial charge in [-0.05, 0) is 58.5 Å². The summed E-state index contributed by atoms with van der Waals surface area (Å²) < 4.78 is 0. The van der Waals surface area contributed by atoms with Crippen LogP contribution in [0, 0.1) is 0 Å². The van der Waals surface area contributed by atoms with E-state index < -0.39 is 5.41 Å². The molecule has 0 aromatic heterocycles. The maximum Gasteiger partial charge on any atom is 0.159 e. The smallest absolute Gasteiger partial charge is 0.159 e. The lowest BCUT2D eigenvalue weighted by atomic mass is 9.67. The molecular formula is C37H28N2. The molecule has 4 aromatic rings. The van der Waals surface area contributed by atoms with Crippen LogP contribution in [-0.2, 0) is 5.41 Å². The Morgan fingerprint density at radius 3 is 2.10 bits per heavy atom. The Morgan fingerprint density at radius 2 is 1.36 bits per heavy atom. The minimum Gasteiger partial charge on any atom is -0.245 e. The summed E-state index contributed by atoms with van der Waals surface area (Å²) in [5.74, 6) is 0.632. The van der Waals surface area contributed by atoms with Crippen molar-refractivity contribution in [1.82, 2.24) is 0 Å². The third kappa shape index (κ3) is 3.56. The molecule has 0 saturated heterocycles. The Labute approximate surface area is 229 Å². The zero-order valence-corrected chi connectivity index (χ0v) is 21.7. The van der Waals surface area contributed by atoms with Gasteiger partial charge < -0.3 is 0 Å². The Morgan fingerprint density at radius 1 is 0.718 bits per heavy atom. The van der Waals surface area contributed by atoms with Crippen LogP contribution in [0.1, 0.15) is 46.2 Å². The number of hydrogen-bond donors (Lipinski definition) is 0. The second-order valence-corrected chi connectivity index (χ2v) is 10.1. The third-order valence-corrected chi connectivity index (χ3v) is 8.13. The van der Waals surface area contributed by atoms with Gasteiger partial charge in [-0.15, -0.1) is 0 Å². The van der Waals surface area contributed by atoms with Crippen molar-refractivity contribution in [2.24, 2.45) is 9.98 Å². The Kier molecular flexibility index (Phi) is 5.67. The van der Waals surface area contributed by atoms with Gasteiger partial charge in [0.15, 0.2) is 5.84 Å². The van der Waals surface area contributed by atoms with E-state index in [-0.39, 0.29) is 0 Å². The summed E-state index contributed by atoms with van der Waals surface area (Å²) >= 11 is 0. The van der Waals surface area contributed by atoms with Crippen molar-refractivity contribution in [3.05, 3.63) is 172 Å². The van der Waals surface area contributed by atoms with E-state index >= 15 is 0 Å². The molecule has 3 aliphatic rings. The lowest BCUT2D eigenvalue weighted by Crippen LogP contribution is -2.28. The van der Waals surface area contributed by atoms with E-state index in [1.165, 1.54) is 33.4 Å². The molecule has 0 radical (unpaired) electrons. The van der Waals surface area contributed by atoms with E-state index in [2.05, 4.69) is 115 Å². The largest absolute Gasteiger partial charge is 0.245 e. The molecule has 1 unspecified atom stereocenters. The average molecular weight is 501 g/mol. The standard InChI is InChI=1S/C37H28N2/c1-38-36(27-16-6-3-7-17-27)39-35-30-20-10-13-23-33(30)37(34(35)25-24-26-14-4-2-5-15-26)31-21-11-8-18-28(31)29-19-9-12-22-32(29)37/h2-11,13-21,23-25H,1,12,22H2. The second-order valence-electron chi connectivity index (χ2n) is 10.1. The lowest BCUT2D eigenvalue weighted by Gasteiger charge is -2.34. The van der Waals surface area contributed by atoms with Gasteiger partial charge in [0.05, 0.1) is 11.1 Å². The summed E-state index contributed by atoms with van der Waals surface area (Å²) in [5.41, 5.74) is 11.8. The Hall–Kier alpha value is -4.82. The summed E-state index contributed by atoms with van der Waals surface area (Å²) in [7, 11) is 0. The molecule has 3 aliphatic carbocycles. The lowest BCUT2D eigenvalue weighted by molar-refractivity contribution is 0.709. The second kappa shape index (κ2) is 9.49. The molecule has 0 bridgehead atoms. The van der Waals surface area contributed by atoms with E-state index in [0.717, 1.165) is 35.2 Å². The number of allylic oxidation sites excluding steroid dienone is 6. The Balaban J connectivity index is 1.58. The van der Waals surface area contributed by atoms with E-state index in [9.17, 15) is 0 Å². The maximum atomic E-state index is 5.30. The first-order chi connectivity index (χ1) is 19.3. The van der Waals surface area contributed by atoms with Gasteiger partial charge in [-0.1, -0.05) is 133 Å². The first-order valence-electron chi connectivity index (χ1n) is 13.5. The zero-order valence-electron chi connectivity index (χ0n) is 21.7. The van der Waals surface area contributed by atoms with E-state index in [4.69, 9.17) is 4.99 Å². The fourth-order valence-electron chi connectivity index (χ4n) is 6.57. The molecule has 4 aromatic carbocycles. The SMILES string of the molecule is C=NC(=NC1=C(C=Cc2ccccc2)C2(C3=C(C=CCC3)c3ccccc32)c2ccccc21)c1ccccc1. The van der Waals surface area contributed by atoms with Crippen molar-refractivity contribution in [2.45, 2.75) is 18.3 Å². The quantitative estimate of drug-likeness (QED) is 0.198. The van der Waals surface area contributed by atoms with Crippen molar-refractivity contribution in [3.8, 4) is 0 Å². The fraction of sp³-hybridized carbons (Fsp3) is 0.0811. The van der Waals surface area contributed by atoms with Gasteiger partial charge in [-0.3, -0.25) is 0 Å². The van der Waals surface area contributed by atoms with Gasteiger partial charge >= 0.3 is 0 Å². The third-order valence-electron chi connectivity index (χ3n) is 8.13. The number of fused-ring (bicyclic) bond motifs is 6. The van der Waals surface area contributed by atoms with Crippen LogP contribution in [0.4, 0.5) is 0 Å². The minimum absolute atomic E-state index is 0.402. The van der Waals surface area contributed by atoms with E-state index in [0.29, 0.717) is 5.84 Å². The van der Waals surface area contributed by atoms with Gasteiger partial charge in [0.1, 0.15) is 0 Å². The number of benzene rings is 4. The summed E-state index contributed by atoms with van der Waals surface area (Å²) in [4.78, 5) is 9.71. The Bertz CT molecular complexity index is 1750. The number of amidine groups is 1. The van der Waals surface area contributed by atoms with Crippen LogP contribution in [0.5, 0.6) is 0 Å². The molecule has 0 heterocycles. The molecule has 2 heteroatoms. The van der Waals surface area contributed by atoms with Gasteiger partial charge in [-0.25, -0.2) is 9.98 Å². The highest BCUT2D eigenvalue weighted by molar-refractivity contribution is 6.06. The van der Waals surface area contributed by atoms with Crippen LogP contribution in [0.25, 0.3) is 17.3 Å². The van der Waals surface area contributed by atoms with Crippen LogP contribution in [0.3, 0.4) is 0 Å². The molecule has 186 valence electrons. The average Bonchev–Trinajstić information content (AvgIpc) is 3.46. The number of hydrogen-bond acceptors (Lipinski definition) is 1. The normalized spacial score (nSPS) is 19.5. The highest BCUT2D eigenvalue weighted by atomic mass is 14.9. The number of aliphatic imine (C=N–C) groups is 2. The molecule has 1 spiro atoms. The monoisotopic (exact) mass is 500 g/mol. The molecule has 0 saturated carbocycles. The predicted octanol–water partition coefficient (Wildman–Crippen LogP) is 8.68. The van der Waals surface area contributed by atoms with Crippen LogP contribution in [0.15, 0.2) is 149 Å². The van der Waals surface area contributed by atoms with Gasteiger partial charge in [-0.2, -0.15) is 0 Å². The molecule has 7 rings (SSSR count). The minimum atomic E-state index is -0.402. The van der Waals surface area contributed by atoms with Crippen molar-refractivity contribution in [1.29, 1.82) is 0 Å². The van der Waals surface area contributed by atoms with Gasteiger partial charge in [0.2, 0.25) is 0 Å². The summed E-state index contributed by atoms with van der Waals surface area (Å²) in [6.45, 7) is 3.90. The van der Waals surface area contributed by atoms with Crippen molar-refractivity contribution in [2.75, 3.05) is 0 Å². The molecule has 1 atom stereocenters. The summed E-state index contributed by atoms with van der Waals surface area (Å²) in [6.07, 6.45) is 11.2. The van der Waals surface area contributed by atoms with E-state index in [1.54, 1.807) is 0 Å². The molecule has 0 amide bonds. The first-order valence-corrected chi connectivity index (χ1v) is 13.5. The highest BCUT2D eigenvalue weighted by Gasteiger charge is 2.53. The summed E-state index contributed by atoms with van der Waals surface area (Å²) in [5, 5.41) is 0. The number of nitrogens with zero attached hydrogens (tertiary/aromatic N) is 2. The van der Waals surface area contributed by atoms with Crippen molar-refractivity contribution in [3.63, 3.8) is 0 Å². The highest BCUT2D eigenvalue weighted by Crippen LogP contribution is 2.63. The maximum absolute atomic E-state index is 5.30. The first kappa shape index (κ1) is 23.3. The molecule has 2 nitrogen and oxygen atoms in total. The van der Waals surface area contributed by atoms with Gasteiger partial charge in [0, 0.05) is 11.1 Å².